The van der Waals surface area contributed by atoms with Gasteiger partial charge >= 0.3 is 5.97 Å². The van der Waals surface area contributed by atoms with Gasteiger partial charge in [-0.1, -0.05) is 0 Å². The van der Waals surface area contributed by atoms with Crippen molar-refractivity contribution in [1.82, 2.24) is 0 Å². The van der Waals surface area contributed by atoms with Gasteiger partial charge in [0.05, 0.1) is 19.3 Å². The third-order valence-corrected chi connectivity index (χ3v) is 2.55. The van der Waals surface area contributed by atoms with Crippen LogP contribution in [0.25, 0.3) is 0 Å². The lowest BCUT2D eigenvalue weighted by atomic mass is 9.88. The largest absolute Gasteiger partial charge is 0.505 e. The molecule has 0 aromatic carbocycles. The fraction of sp³-hybridized carbons (Fsp3) is 0.667. The number of hydrogen-bond donors (Lipinski definition) is 6. The van der Waals surface area contributed by atoms with Gasteiger partial charge in [0.1, 0.15) is 6.10 Å². The van der Waals surface area contributed by atoms with Crippen LogP contribution in [0.1, 0.15) is 6.42 Å². The standard InChI is InChI=1S/C9H14O8/c10-2-4(12)1-9(5(13)3-11)7(15)6(14)8(16)17-9/h4-5,10-15H,1-3H2/t4?,5-,9+/m0/s1. The number of ether oxygens (including phenoxy) is 1. The summed E-state index contributed by atoms with van der Waals surface area (Å²) < 4.78 is 4.60. The van der Waals surface area contributed by atoms with Crippen molar-refractivity contribution in [1.29, 1.82) is 0 Å². The van der Waals surface area contributed by atoms with E-state index in [1.165, 1.54) is 0 Å². The predicted molar refractivity (Wildman–Crippen MR) is 51.9 cm³/mol. The molecule has 1 rings (SSSR count). The maximum absolute atomic E-state index is 11.1. The van der Waals surface area contributed by atoms with Crippen LogP contribution in [0.5, 0.6) is 0 Å². The zero-order valence-electron chi connectivity index (χ0n) is 8.78. The highest BCUT2D eigenvalue weighted by molar-refractivity contribution is 5.90. The highest BCUT2D eigenvalue weighted by atomic mass is 16.6. The maximum Gasteiger partial charge on any atom is 0.378 e. The second kappa shape index (κ2) is 4.88. The quantitative estimate of drug-likeness (QED) is 0.299. The number of aliphatic hydroxyl groups is 6. The summed E-state index contributed by atoms with van der Waals surface area (Å²) in [6, 6.07) is 0. The van der Waals surface area contributed by atoms with Crippen LogP contribution in [0, 0.1) is 0 Å². The molecule has 3 atom stereocenters. The molecule has 0 radical (unpaired) electrons. The second-order valence-electron chi connectivity index (χ2n) is 3.72. The van der Waals surface area contributed by atoms with Crippen LogP contribution < -0.4 is 0 Å². The Morgan fingerprint density at radius 1 is 1.18 bits per heavy atom. The number of esters is 1. The van der Waals surface area contributed by atoms with E-state index in [9.17, 15) is 20.1 Å². The molecule has 6 N–H and O–H groups in total. The van der Waals surface area contributed by atoms with Crippen LogP contribution in [-0.2, 0) is 9.53 Å². The van der Waals surface area contributed by atoms with Crippen LogP contribution >= 0.6 is 0 Å². The first kappa shape index (κ1) is 13.7. The smallest absolute Gasteiger partial charge is 0.378 e. The Kier molecular flexibility index (Phi) is 3.94. The average Bonchev–Trinajstić information content (AvgIpc) is 2.53. The van der Waals surface area contributed by atoms with Crippen molar-refractivity contribution in [2.75, 3.05) is 13.2 Å². The Morgan fingerprint density at radius 3 is 2.12 bits per heavy atom. The van der Waals surface area contributed by atoms with E-state index in [0.717, 1.165) is 0 Å². The van der Waals surface area contributed by atoms with Gasteiger partial charge in [0.2, 0.25) is 11.4 Å². The van der Waals surface area contributed by atoms with Crippen molar-refractivity contribution in [3.8, 4) is 0 Å². The monoisotopic (exact) mass is 250 g/mol. The fourth-order valence-electron chi connectivity index (χ4n) is 1.62. The molecule has 0 saturated carbocycles. The van der Waals surface area contributed by atoms with Crippen molar-refractivity contribution < 1.29 is 40.2 Å². The molecule has 1 aliphatic rings. The molecule has 0 bridgehead atoms. The third-order valence-electron chi connectivity index (χ3n) is 2.55. The normalized spacial score (nSPS) is 28.1. The van der Waals surface area contributed by atoms with Crippen molar-refractivity contribution in [2.24, 2.45) is 0 Å². The van der Waals surface area contributed by atoms with Crippen LogP contribution in [0.15, 0.2) is 11.5 Å². The summed E-state index contributed by atoms with van der Waals surface area (Å²) in [5.41, 5.74) is -2.14. The SMILES string of the molecule is O=C1O[C@](CC(O)CO)([C@@H](O)CO)C(O)=C1O. The van der Waals surface area contributed by atoms with E-state index in [2.05, 4.69) is 4.74 Å². The van der Waals surface area contributed by atoms with Gasteiger partial charge in [-0.3, -0.25) is 0 Å². The molecule has 98 valence electrons. The number of rotatable bonds is 5. The molecular formula is C9H14O8. The lowest BCUT2D eigenvalue weighted by Gasteiger charge is -2.32. The molecular weight excluding hydrogens is 236 g/mol. The van der Waals surface area contributed by atoms with Crippen LogP contribution in [0.3, 0.4) is 0 Å². The predicted octanol–water partition coefficient (Wildman–Crippen LogP) is -2.29. The first-order chi connectivity index (χ1) is 7.89. The Morgan fingerprint density at radius 2 is 1.76 bits per heavy atom. The van der Waals surface area contributed by atoms with Crippen LogP contribution in [0.4, 0.5) is 0 Å². The Hall–Kier alpha value is -1.35. The summed E-state index contributed by atoms with van der Waals surface area (Å²) in [4.78, 5) is 11.1. The van der Waals surface area contributed by atoms with Gasteiger partial charge in [0.25, 0.3) is 0 Å². The van der Waals surface area contributed by atoms with Gasteiger partial charge in [-0.2, -0.15) is 0 Å². The number of hydrogen-bond acceptors (Lipinski definition) is 8. The maximum atomic E-state index is 11.1. The number of cyclic esters (lactones) is 1. The number of carbonyl (C=O) groups is 1. The van der Waals surface area contributed by atoms with E-state index in [1.807, 2.05) is 0 Å². The number of carbonyl (C=O) groups excluding carboxylic acids is 1. The molecule has 0 spiro atoms. The van der Waals surface area contributed by atoms with Crippen molar-refractivity contribution >= 4 is 5.97 Å². The van der Waals surface area contributed by atoms with Crippen molar-refractivity contribution in [3.63, 3.8) is 0 Å². The molecule has 8 nitrogen and oxygen atoms in total. The second-order valence-corrected chi connectivity index (χ2v) is 3.72. The van der Waals surface area contributed by atoms with Crippen molar-refractivity contribution in [3.05, 3.63) is 11.5 Å². The highest BCUT2D eigenvalue weighted by Crippen LogP contribution is 2.37. The topological polar surface area (TPSA) is 148 Å². The zero-order chi connectivity index (χ0) is 13.2. The summed E-state index contributed by atoms with van der Waals surface area (Å²) in [6.07, 6.45) is -3.71. The van der Waals surface area contributed by atoms with Gasteiger partial charge in [-0.05, 0) is 0 Å². The first-order valence-electron chi connectivity index (χ1n) is 4.83. The molecule has 0 fully saturated rings. The molecule has 1 aliphatic heterocycles. The summed E-state index contributed by atoms with van der Waals surface area (Å²) >= 11 is 0. The zero-order valence-corrected chi connectivity index (χ0v) is 8.78. The van der Waals surface area contributed by atoms with Crippen LogP contribution in [0.2, 0.25) is 0 Å². The van der Waals surface area contributed by atoms with E-state index in [1.54, 1.807) is 0 Å². The van der Waals surface area contributed by atoms with E-state index in [0.29, 0.717) is 0 Å². The first-order valence-corrected chi connectivity index (χ1v) is 4.83. The molecule has 8 heteroatoms. The Balaban J connectivity index is 3.09. The molecule has 1 heterocycles. The minimum atomic E-state index is -2.14. The minimum absolute atomic E-state index is 0.563. The minimum Gasteiger partial charge on any atom is -0.505 e. The van der Waals surface area contributed by atoms with Crippen molar-refractivity contribution in [2.45, 2.75) is 24.2 Å². The Bertz CT molecular complexity index is 338. The van der Waals surface area contributed by atoms with Gasteiger partial charge in [-0.15, -0.1) is 0 Å². The fourth-order valence-corrected chi connectivity index (χ4v) is 1.62. The van der Waals surface area contributed by atoms with E-state index < -0.39 is 54.9 Å². The molecule has 1 unspecified atom stereocenters. The average molecular weight is 250 g/mol. The van der Waals surface area contributed by atoms with E-state index >= 15 is 0 Å². The molecule has 0 aliphatic carbocycles. The summed E-state index contributed by atoms with van der Waals surface area (Å²) in [6.45, 7) is -1.58. The molecule has 17 heavy (non-hydrogen) atoms. The summed E-state index contributed by atoms with van der Waals surface area (Å²) in [5, 5.41) is 55.0. The molecule has 0 aromatic heterocycles. The van der Waals surface area contributed by atoms with Crippen LogP contribution in [-0.4, -0.2) is 67.6 Å². The Labute approximate surface area is 96.0 Å². The lowest BCUT2D eigenvalue weighted by molar-refractivity contribution is -0.169. The lowest BCUT2D eigenvalue weighted by Crippen LogP contribution is -2.49. The molecule has 0 aromatic rings. The van der Waals surface area contributed by atoms with Gasteiger partial charge < -0.3 is 35.4 Å². The van der Waals surface area contributed by atoms with Gasteiger partial charge in [-0.25, -0.2) is 4.79 Å². The third kappa shape index (κ3) is 2.20. The van der Waals surface area contributed by atoms with E-state index in [4.69, 9.17) is 15.3 Å². The van der Waals surface area contributed by atoms with E-state index in [-0.39, 0.29) is 0 Å². The highest BCUT2D eigenvalue weighted by Gasteiger charge is 2.54. The number of aliphatic hydroxyl groups excluding tert-OH is 6. The van der Waals surface area contributed by atoms with Gasteiger partial charge in [0.15, 0.2) is 5.76 Å². The summed E-state index contributed by atoms with van der Waals surface area (Å²) in [7, 11) is 0. The van der Waals surface area contributed by atoms with Gasteiger partial charge in [0, 0.05) is 6.42 Å². The molecule has 0 saturated heterocycles. The molecule has 0 amide bonds. The summed E-state index contributed by atoms with van der Waals surface area (Å²) in [5.74, 6) is -3.35.